The predicted molar refractivity (Wildman–Crippen MR) is 107 cm³/mol. The normalized spacial score (nSPS) is 31.3. The third-order valence-corrected chi connectivity index (χ3v) is 8.13. The van der Waals surface area contributed by atoms with Crippen molar-refractivity contribution < 1.29 is 13.5 Å². The summed E-state index contributed by atoms with van der Waals surface area (Å²) in [5, 5.41) is 13.9. The number of nitrogens with one attached hydrogen (secondary N) is 1. The topological polar surface area (TPSA) is 66.4 Å². The molecule has 3 aliphatic rings. The van der Waals surface area contributed by atoms with Gasteiger partial charge in [-0.15, -0.1) is 0 Å². The third-order valence-electron chi connectivity index (χ3n) is 6.55. The van der Waals surface area contributed by atoms with Gasteiger partial charge in [-0.2, -0.15) is 0 Å². The largest absolute Gasteiger partial charge is 0.370 e. The predicted octanol–water partition coefficient (Wildman–Crippen LogP) is 3.94. The summed E-state index contributed by atoms with van der Waals surface area (Å²) in [6.45, 7) is 1.90. The summed E-state index contributed by atoms with van der Waals surface area (Å²) >= 11 is 6.37. The molecule has 0 aromatic heterocycles. The van der Waals surface area contributed by atoms with Crippen LogP contribution in [0.2, 0.25) is 5.02 Å². The molecule has 2 N–H and O–H groups in total. The van der Waals surface area contributed by atoms with Crippen molar-refractivity contribution in [1.82, 2.24) is 5.32 Å². The Morgan fingerprint density at radius 3 is 2.52 bits per heavy atom. The lowest BCUT2D eigenvalue weighted by atomic mass is 9.83. The summed E-state index contributed by atoms with van der Waals surface area (Å²) in [6, 6.07) is 5.34. The van der Waals surface area contributed by atoms with Gasteiger partial charge in [0.05, 0.1) is 9.92 Å². The van der Waals surface area contributed by atoms with Crippen LogP contribution in [-0.4, -0.2) is 26.0 Å². The molecule has 1 unspecified atom stereocenters. The van der Waals surface area contributed by atoms with E-state index in [1.165, 1.54) is 31.9 Å². The van der Waals surface area contributed by atoms with Gasteiger partial charge in [0.1, 0.15) is 6.23 Å². The molecule has 0 spiro atoms. The number of hydrogen-bond donors (Lipinski definition) is 2. The van der Waals surface area contributed by atoms with Crippen molar-refractivity contribution in [2.24, 2.45) is 11.8 Å². The summed E-state index contributed by atoms with van der Waals surface area (Å²) < 4.78 is 23.9. The second-order valence-corrected chi connectivity index (χ2v) is 10.7. The van der Waals surface area contributed by atoms with Crippen LogP contribution in [0, 0.1) is 11.8 Å². The monoisotopic (exact) mass is 407 g/mol. The van der Waals surface area contributed by atoms with Crippen LogP contribution in [0.4, 0.5) is 0 Å². The number of rotatable bonds is 4. The number of allylic oxidation sites excluding steroid dienone is 3. The number of dihydropyridines is 1. The number of aliphatic hydroxyl groups excluding tert-OH is 1. The Morgan fingerprint density at radius 1 is 1.22 bits per heavy atom. The average molecular weight is 408 g/mol. The molecule has 1 aliphatic heterocycles. The first-order chi connectivity index (χ1) is 12.7. The van der Waals surface area contributed by atoms with Gasteiger partial charge in [0.25, 0.3) is 0 Å². The Kier molecular flexibility index (Phi) is 4.68. The van der Waals surface area contributed by atoms with Crippen LogP contribution in [0.15, 0.2) is 46.5 Å². The highest BCUT2D eigenvalue weighted by atomic mass is 35.5. The Morgan fingerprint density at radius 2 is 1.93 bits per heavy atom. The molecule has 6 heteroatoms. The Balaban J connectivity index is 1.78. The van der Waals surface area contributed by atoms with Crippen molar-refractivity contribution in [3.8, 4) is 0 Å². The van der Waals surface area contributed by atoms with Gasteiger partial charge in [-0.05, 0) is 54.5 Å². The Bertz CT molecular complexity index is 931. The lowest BCUT2D eigenvalue weighted by molar-refractivity contribution is 0.178. The van der Waals surface area contributed by atoms with Crippen LogP contribution in [0.25, 0.3) is 0 Å². The molecular formula is C21H26ClNO3S. The Hall–Kier alpha value is -1.30. The number of sulfone groups is 1. The van der Waals surface area contributed by atoms with Crippen LogP contribution in [0.1, 0.15) is 44.6 Å². The molecule has 4 rings (SSSR count). The summed E-state index contributed by atoms with van der Waals surface area (Å²) in [7, 11) is -3.36. The second kappa shape index (κ2) is 6.64. The first-order valence-corrected chi connectivity index (χ1v) is 11.8. The standard InChI is InChI=1S/C21H26ClNO3S/c1-13-7-10-19(23-20(13)24)21(12-16(21)14-5-3-4-6-14)15-8-9-18(17(22)11-15)27(2,25)26/h7-11,14,16,20,23-24H,3-6,12H2,1-2H3/t16-,20?,21-/m1/s1. The van der Waals surface area contributed by atoms with Crippen LogP contribution >= 0.6 is 11.6 Å². The summed E-state index contributed by atoms with van der Waals surface area (Å²) in [5.41, 5.74) is 2.72. The van der Waals surface area contributed by atoms with Gasteiger partial charge in [-0.25, -0.2) is 8.42 Å². The van der Waals surface area contributed by atoms with Crippen LogP contribution in [0.3, 0.4) is 0 Å². The summed E-state index contributed by atoms with van der Waals surface area (Å²) in [6.07, 6.45) is 10.6. The minimum atomic E-state index is -3.36. The van der Waals surface area contributed by atoms with Gasteiger partial charge in [0, 0.05) is 17.4 Å². The van der Waals surface area contributed by atoms with Gasteiger partial charge < -0.3 is 10.4 Å². The van der Waals surface area contributed by atoms with E-state index in [1.54, 1.807) is 6.07 Å². The maximum Gasteiger partial charge on any atom is 0.176 e. The SMILES string of the molecule is CC1=CC=C([C@@]2(c3ccc(S(C)(=O)=O)c(Cl)c3)C[C@@H]2C2CCCC2)NC1O. The zero-order chi connectivity index (χ0) is 19.4. The van der Waals surface area contributed by atoms with Crippen LogP contribution in [-0.2, 0) is 15.3 Å². The quantitative estimate of drug-likeness (QED) is 0.793. The zero-order valence-electron chi connectivity index (χ0n) is 15.7. The van der Waals surface area contributed by atoms with Crippen molar-refractivity contribution in [3.05, 3.63) is 52.2 Å². The molecule has 3 atom stereocenters. The molecule has 1 heterocycles. The van der Waals surface area contributed by atoms with Gasteiger partial charge in [0.2, 0.25) is 0 Å². The van der Waals surface area contributed by atoms with E-state index >= 15 is 0 Å². The minimum Gasteiger partial charge on any atom is -0.370 e. The second-order valence-electron chi connectivity index (χ2n) is 8.28. The summed E-state index contributed by atoms with van der Waals surface area (Å²) in [5.74, 6) is 1.17. The molecule has 4 nitrogen and oxygen atoms in total. The van der Waals surface area contributed by atoms with Gasteiger partial charge in [0.15, 0.2) is 9.84 Å². The lowest BCUT2D eigenvalue weighted by Crippen LogP contribution is -2.37. The van der Waals surface area contributed by atoms with E-state index in [4.69, 9.17) is 11.6 Å². The molecule has 0 radical (unpaired) electrons. The molecule has 0 saturated heterocycles. The first-order valence-electron chi connectivity index (χ1n) is 9.57. The molecule has 0 amide bonds. The van der Waals surface area contributed by atoms with Crippen molar-refractivity contribution in [3.63, 3.8) is 0 Å². The van der Waals surface area contributed by atoms with Crippen molar-refractivity contribution in [2.75, 3.05) is 6.26 Å². The molecular weight excluding hydrogens is 382 g/mol. The highest BCUT2D eigenvalue weighted by molar-refractivity contribution is 7.90. The zero-order valence-corrected chi connectivity index (χ0v) is 17.3. The van der Waals surface area contributed by atoms with E-state index in [0.29, 0.717) is 11.8 Å². The van der Waals surface area contributed by atoms with E-state index in [-0.39, 0.29) is 15.3 Å². The van der Waals surface area contributed by atoms with Crippen LogP contribution in [0.5, 0.6) is 0 Å². The molecule has 1 aromatic rings. The van der Waals surface area contributed by atoms with E-state index < -0.39 is 16.1 Å². The first kappa shape index (κ1) is 19.0. The van der Waals surface area contributed by atoms with Crippen molar-refractivity contribution in [2.45, 2.75) is 55.6 Å². The maximum atomic E-state index is 11.9. The molecule has 146 valence electrons. The fourth-order valence-corrected chi connectivity index (χ4v) is 6.31. The number of aliphatic hydroxyl groups is 1. The van der Waals surface area contributed by atoms with E-state index in [9.17, 15) is 13.5 Å². The van der Waals surface area contributed by atoms with Crippen molar-refractivity contribution in [1.29, 1.82) is 0 Å². The summed E-state index contributed by atoms with van der Waals surface area (Å²) in [4.78, 5) is 0.169. The number of hydrogen-bond acceptors (Lipinski definition) is 4. The van der Waals surface area contributed by atoms with Gasteiger partial charge in [-0.3, -0.25) is 0 Å². The highest BCUT2D eigenvalue weighted by Gasteiger charge is 2.61. The average Bonchev–Trinajstić information content (AvgIpc) is 3.12. The molecule has 1 aromatic carbocycles. The highest BCUT2D eigenvalue weighted by Crippen LogP contribution is 2.64. The van der Waals surface area contributed by atoms with E-state index in [1.807, 2.05) is 25.1 Å². The molecule has 2 aliphatic carbocycles. The number of benzene rings is 1. The minimum absolute atomic E-state index is 0.169. The van der Waals surface area contributed by atoms with Crippen molar-refractivity contribution >= 4 is 21.4 Å². The smallest absolute Gasteiger partial charge is 0.176 e. The fourth-order valence-electron chi connectivity index (χ4n) is 4.99. The van der Waals surface area contributed by atoms with Crippen LogP contribution < -0.4 is 5.32 Å². The number of halogens is 1. The molecule has 27 heavy (non-hydrogen) atoms. The van der Waals surface area contributed by atoms with Gasteiger partial charge in [-0.1, -0.05) is 49.4 Å². The fraction of sp³-hybridized carbons (Fsp3) is 0.524. The molecule has 0 bridgehead atoms. The van der Waals surface area contributed by atoms with E-state index in [0.717, 1.165) is 23.3 Å². The molecule has 2 fully saturated rings. The lowest BCUT2D eigenvalue weighted by Gasteiger charge is -2.30. The van der Waals surface area contributed by atoms with Gasteiger partial charge >= 0.3 is 0 Å². The maximum absolute atomic E-state index is 11.9. The van der Waals surface area contributed by atoms with E-state index in [2.05, 4.69) is 11.4 Å². The third kappa shape index (κ3) is 3.24. The Labute approximate surface area is 166 Å². The molecule has 2 saturated carbocycles.